The van der Waals surface area contributed by atoms with Gasteiger partial charge in [-0.1, -0.05) is 0 Å². The molecular weight excluding hydrogens is 411 g/mol. The molecule has 0 amide bonds. The minimum Gasteiger partial charge on any atom is -0.378 e. The van der Waals surface area contributed by atoms with Crippen molar-refractivity contribution in [2.75, 3.05) is 18.5 Å². The van der Waals surface area contributed by atoms with Crippen LogP contribution in [0, 0.1) is 6.92 Å². The lowest BCUT2D eigenvalue weighted by molar-refractivity contribution is 0.0284. The van der Waals surface area contributed by atoms with Gasteiger partial charge in [0.05, 0.1) is 36.6 Å². The summed E-state index contributed by atoms with van der Waals surface area (Å²) < 4.78 is 48.1. The molecule has 0 unspecified atom stereocenters. The first-order valence-electron chi connectivity index (χ1n) is 9.95. The molecule has 1 N–H and O–H groups in total. The number of ether oxygens (including phenoxy) is 1. The van der Waals surface area contributed by atoms with Gasteiger partial charge in [-0.05, 0) is 31.5 Å². The minimum atomic E-state index is -2.50. The molecule has 0 bridgehead atoms. The molecule has 1 fully saturated rings. The number of aryl methyl sites for hydroxylation is 1. The molecule has 4 aromatic rings. The Morgan fingerprint density at radius 1 is 1.26 bits per heavy atom. The first-order chi connectivity index (χ1) is 15.0. The quantitative estimate of drug-likeness (QED) is 0.522. The molecule has 0 spiro atoms. The van der Waals surface area contributed by atoms with Crippen molar-refractivity contribution in [2.24, 2.45) is 0 Å². The molecule has 0 aliphatic carbocycles. The fourth-order valence-corrected chi connectivity index (χ4v) is 3.84. The molecule has 162 valence electrons. The lowest BCUT2D eigenvalue weighted by Crippen LogP contribution is -2.39. The lowest BCUT2D eigenvalue weighted by atomic mass is 10.1. The molecule has 31 heavy (non-hydrogen) atoms. The molecule has 0 aromatic carbocycles. The number of aromatic nitrogens is 6. The number of nitrogens with one attached hydrogen (secondary N) is 1. The molecule has 4 aromatic heterocycles. The Morgan fingerprint density at radius 3 is 2.94 bits per heavy atom. The van der Waals surface area contributed by atoms with Gasteiger partial charge in [-0.15, -0.1) is 5.10 Å². The van der Waals surface area contributed by atoms with Gasteiger partial charge in [0, 0.05) is 18.4 Å². The third-order valence-electron chi connectivity index (χ3n) is 5.40. The summed E-state index contributed by atoms with van der Waals surface area (Å²) >= 11 is 0. The first kappa shape index (κ1) is 19.7. The Bertz CT molecular complexity index is 1240. The van der Waals surface area contributed by atoms with E-state index in [1.165, 1.54) is 4.57 Å². The van der Waals surface area contributed by atoms with Gasteiger partial charge >= 0.3 is 0 Å². The molecule has 2 atom stereocenters. The van der Waals surface area contributed by atoms with Crippen LogP contribution in [0.15, 0.2) is 30.6 Å². The van der Waals surface area contributed by atoms with Crippen LogP contribution in [0.3, 0.4) is 0 Å². The van der Waals surface area contributed by atoms with E-state index < -0.39 is 25.2 Å². The maximum absolute atomic E-state index is 14.0. The van der Waals surface area contributed by atoms with Crippen molar-refractivity contribution in [3.8, 4) is 11.3 Å². The van der Waals surface area contributed by atoms with E-state index in [0.29, 0.717) is 47.2 Å². The topological polar surface area (TPSA) is 82.2 Å². The van der Waals surface area contributed by atoms with Crippen LogP contribution in [-0.2, 0) is 11.3 Å². The normalized spacial score (nSPS) is 19.5. The number of anilines is 1. The fraction of sp³-hybridized carbons (Fsp3) is 0.400. The molecule has 1 saturated heterocycles. The number of nitrogens with zero attached hydrogens (tertiary/aromatic N) is 6. The number of halogens is 3. The SMILES string of the molecule is Cc1nc2ccc(-c3ccn4nc(N[C@@H]5CCOC[C@H]5F)ncc34)nc2n1CC(F)F. The fourth-order valence-electron chi connectivity index (χ4n) is 3.84. The van der Waals surface area contributed by atoms with Crippen molar-refractivity contribution in [3.05, 3.63) is 36.4 Å². The van der Waals surface area contributed by atoms with Crippen LogP contribution >= 0.6 is 0 Å². The van der Waals surface area contributed by atoms with Gasteiger partial charge in [0.1, 0.15) is 17.5 Å². The summed E-state index contributed by atoms with van der Waals surface area (Å²) in [5, 5.41) is 7.44. The third kappa shape index (κ3) is 3.69. The largest absolute Gasteiger partial charge is 0.378 e. The molecule has 1 aliphatic rings. The highest BCUT2D eigenvalue weighted by Gasteiger charge is 2.26. The number of imidazole rings is 1. The van der Waals surface area contributed by atoms with E-state index in [-0.39, 0.29) is 6.61 Å². The number of rotatable bonds is 5. The monoisotopic (exact) mass is 431 g/mol. The number of fused-ring (bicyclic) bond motifs is 2. The molecule has 1 aliphatic heterocycles. The first-order valence-corrected chi connectivity index (χ1v) is 9.95. The molecule has 5 heterocycles. The standard InChI is InChI=1S/C20H20F3N7O/c1-11-25-16-3-2-14(26-19(16)29(11)9-18(22)23)12-4-6-30-17(12)8-24-20(28-30)27-15-5-7-31-10-13(15)21/h2-4,6,8,13,15,18H,5,7,9-10H2,1H3,(H,27,28)/t13-,15-/m1/s1. The van der Waals surface area contributed by atoms with E-state index in [1.54, 1.807) is 36.0 Å². The molecule has 5 rings (SSSR count). The third-order valence-corrected chi connectivity index (χ3v) is 5.40. The van der Waals surface area contributed by atoms with Crippen molar-refractivity contribution in [1.29, 1.82) is 0 Å². The lowest BCUT2D eigenvalue weighted by Gasteiger charge is -2.26. The van der Waals surface area contributed by atoms with E-state index in [0.717, 1.165) is 5.56 Å². The highest BCUT2D eigenvalue weighted by atomic mass is 19.3. The highest BCUT2D eigenvalue weighted by molar-refractivity contribution is 5.82. The van der Waals surface area contributed by atoms with Gasteiger partial charge in [-0.25, -0.2) is 32.6 Å². The van der Waals surface area contributed by atoms with Crippen molar-refractivity contribution >= 4 is 22.6 Å². The number of hydrogen-bond acceptors (Lipinski definition) is 6. The number of alkyl halides is 3. The smallest absolute Gasteiger partial charge is 0.256 e. The van der Waals surface area contributed by atoms with E-state index in [4.69, 9.17) is 4.74 Å². The van der Waals surface area contributed by atoms with Crippen molar-refractivity contribution in [2.45, 2.75) is 38.5 Å². The van der Waals surface area contributed by atoms with Crippen molar-refractivity contribution < 1.29 is 17.9 Å². The highest BCUT2D eigenvalue weighted by Crippen LogP contribution is 2.27. The molecule has 0 radical (unpaired) electrons. The summed E-state index contributed by atoms with van der Waals surface area (Å²) in [6, 6.07) is 4.98. The van der Waals surface area contributed by atoms with Crippen LogP contribution in [0.2, 0.25) is 0 Å². The van der Waals surface area contributed by atoms with Gasteiger partial charge in [0.15, 0.2) is 5.65 Å². The van der Waals surface area contributed by atoms with E-state index in [1.807, 2.05) is 6.07 Å². The Morgan fingerprint density at radius 2 is 2.13 bits per heavy atom. The molecule has 8 nitrogen and oxygen atoms in total. The van der Waals surface area contributed by atoms with Crippen LogP contribution in [-0.4, -0.2) is 61.0 Å². The Hall–Kier alpha value is -3.21. The minimum absolute atomic E-state index is 0.0589. The summed E-state index contributed by atoms with van der Waals surface area (Å²) in [7, 11) is 0. The van der Waals surface area contributed by atoms with E-state index >= 15 is 0 Å². The molecule has 11 heteroatoms. The van der Waals surface area contributed by atoms with Crippen LogP contribution in [0.4, 0.5) is 19.1 Å². The average Bonchev–Trinajstić information content (AvgIpc) is 3.30. The zero-order chi connectivity index (χ0) is 21.5. The predicted molar refractivity (Wildman–Crippen MR) is 108 cm³/mol. The average molecular weight is 431 g/mol. The van der Waals surface area contributed by atoms with Gasteiger partial charge in [0.25, 0.3) is 6.43 Å². The summed E-state index contributed by atoms with van der Waals surface area (Å²) in [6.45, 7) is 1.77. The Kier molecular flexibility index (Phi) is 4.97. The zero-order valence-corrected chi connectivity index (χ0v) is 16.7. The summed E-state index contributed by atoms with van der Waals surface area (Å²) in [6.07, 6.45) is 0.295. The van der Waals surface area contributed by atoms with Gasteiger partial charge in [-0.2, -0.15) is 0 Å². The van der Waals surface area contributed by atoms with Crippen LogP contribution in [0.1, 0.15) is 12.2 Å². The second-order valence-corrected chi connectivity index (χ2v) is 7.47. The second-order valence-electron chi connectivity index (χ2n) is 7.47. The van der Waals surface area contributed by atoms with Gasteiger partial charge < -0.3 is 14.6 Å². The number of hydrogen-bond donors (Lipinski definition) is 1. The van der Waals surface area contributed by atoms with Crippen molar-refractivity contribution in [3.63, 3.8) is 0 Å². The second kappa shape index (κ2) is 7.80. The van der Waals surface area contributed by atoms with Crippen molar-refractivity contribution in [1.82, 2.24) is 29.1 Å². The summed E-state index contributed by atoms with van der Waals surface area (Å²) in [5.74, 6) is 0.804. The molecular formula is C20H20F3N7O. The Balaban J connectivity index is 1.48. The van der Waals surface area contributed by atoms with Crippen LogP contribution in [0.5, 0.6) is 0 Å². The summed E-state index contributed by atoms with van der Waals surface area (Å²) in [5.41, 5.74) is 3.01. The molecule has 0 saturated carbocycles. The zero-order valence-electron chi connectivity index (χ0n) is 16.7. The predicted octanol–water partition coefficient (Wildman–Crippen LogP) is 3.25. The van der Waals surface area contributed by atoms with Gasteiger partial charge in [0.2, 0.25) is 5.95 Å². The van der Waals surface area contributed by atoms with Crippen LogP contribution < -0.4 is 5.32 Å². The summed E-state index contributed by atoms with van der Waals surface area (Å²) in [4.78, 5) is 13.2. The maximum atomic E-state index is 14.0. The van der Waals surface area contributed by atoms with Crippen LogP contribution in [0.25, 0.3) is 27.9 Å². The van der Waals surface area contributed by atoms with Gasteiger partial charge in [-0.3, -0.25) is 0 Å². The Labute approximate surface area is 175 Å². The van der Waals surface area contributed by atoms with E-state index in [9.17, 15) is 13.2 Å². The van der Waals surface area contributed by atoms with E-state index in [2.05, 4.69) is 25.4 Å². The number of pyridine rings is 1. The maximum Gasteiger partial charge on any atom is 0.256 e.